The molecule has 0 aromatic carbocycles. The molecule has 2 N–H and O–H groups in total. The molecule has 0 bridgehead atoms. The van der Waals surface area contributed by atoms with E-state index >= 15 is 0 Å². The van der Waals surface area contributed by atoms with Gasteiger partial charge in [-0.25, -0.2) is 9.78 Å². The first kappa shape index (κ1) is 17.5. The SMILES string of the molecule is C[C@@H](NC(=O)N1CCN(c2ccccn2)CC1)C(=O)NC1CCCC1. The van der Waals surface area contributed by atoms with Crippen LogP contribution in [0.2, 0.25) is 0 Å². The van der Waals surface area contributed by atoms with Crippen LogP contribution in [0.5, 0.6) is 0 Å². The predicted molar refractivity (Wildman–Crippen MR) is 96.4 cm³/mol. The standard InChI is InChI=1S/C18H27N5O2/c1-14(17(24)21-15-6-2-3-7-15)20-18(25)23-12-10-22(11-13-23)16-8-4-5-9-19-16/h4-5,8-9,14-15H,2-3,6-7,10-13H2,1H3,(H,20,25)(H,21,24)/t14-/m1/s1. The Labute approximate surface area is 148 Å². The number of amides is 3. The van der Waals surface area contributed by atoms with Gasteiger partial charge in [0.25, 0.3) is 0 Å². The summed E-state index contributed by atoms with van der Waals surface area (Å²) in [5.74, 6) is 0.847. The van der Waals surface area contributed by atoms with Gasteiger partial charge in [-0.15, -0.1) is 0 Å². The van der Waals surface area contributed by atoms with E-state index in [0.29, 0.717) is 13.1 Å². The van der Waals surface area contributed by atoms with Crippen LogP contribution in [0, 0.1) is 0 Å². The summed E-state index contributed by atoms with van der Waals surface area (Å²) < 4.78 is 0. The summed E-state index contributed by atoms with van der Waals surface area (Å²) >= 11 is 0. The van der Waals surface area contributed by atoms with Crippen LogP contribution in [-0.2, 0) is 4.79 Å². The maximum absolute atomic E-state index is 12.4. The molecule has 1 atom stereocenters. The van der Waals surface area contributed by atoms with E-state index in [4.69, 9.17) is 0 Å². The van der Waals surface area contributed by atoms with Crippen LogP contribution < -0.4 is 15.5 Å². The lowest BCUT2D eigenvalue weighted by Crippen LogP contribution is -2.56. The van der Waals surface area contributed by atoms with Crippen LogP contribution in [0.15, 0.2) is 24.4 Å². The highest BCUT2D eigenvalue weighted by molar-refractivity contribution is 5.87. The van der Waals surface area contributed by atoms with Gasteiger partial charge in [0.05, 0.1) is 0 Å². The van der Waals surface area contributed by atoms with Gasteiger partial charge >= 0.3 is 6.03 Å². The van der Waals surface area contributed by atoms with Crippen LogP contribution in [0.1, 0.15) is 32.6 Å². The molecule has 1 saturated carbocycles. The molecule has 1 aromatic heterocycles. The highest BCUT2D eigenvalue weighted by Crippen LogP contribution is 2.17. The maximum atomic E-state index is 12.4. The number of rotatable bonds is 4. The van der Waals surface area contributed by atoms with Crippen LogP contribution >= 0.6 is 0 Å². The summed E-state index contributed by atoms with van der Waals surface area (Å²) in [5.41, 5.74) is 0. The van der Waals surface area contributed by atoms with Crippen molar-refractivity contribution in [2.45, 2.75) is 44.7 Å². The summed E-state index contributed by atoms with van der Waals surface area (Å²) in [6.45, 7) is 4.48. The topological polar surface area (TPSA) is 77.6 Å². The fourth-order valence-corrected chi connectivity index (χ4v) is 3.42. The Morgan fingerprint density at radius 2 is 1.88 bits per heavy atom. The quantitative estimate of drug-likeness (QED) is 0.864. The highest BCUT2D eigenvalue weighted by atomic mass is 16.2. The second-order valence-electron chi connectivity index (χ2n) is 6.82. The molecule has 1 aromatic rings. The number of nitrogens with one attached hydrogen (secondary N) is 2. The van der Waals surface area contributed by atoms with Gasteiger partial charge in [-0.05, 0) is 31.9 Å². The zero-order valence-electron chi connectivity index (χ0n) is 14.8. The number of hydrogen-bond donors (Lipinski definition) is 2. The summed E-state index contributed by atoms with van der Waals surface area (Å²) in [7, 11) is 0. The van der Waals surface area contributed by atoms with Gasteiger partial charge in [0.15, 0.2) is 0 Å². The molecule has 0 unspecified atom stereocenters. The second kappa shape index (κ2) is 8.18. The van der Waals surface area contributed by atoms with Crippen LogP contribution in [0.25, 0.3) is 0 Å². The Balaban J connectivity index is 1.43. The molecule has 0 radical (unpaired) electrons. The number of pyridine rings is 1. The Morgan fingerprint density at radius 1 is 1.16 bits per heavy atom. The van der Waals surface area contributed by atoms with Crippen molar-refractivity contribution < 1.29 is 9.59 Å². The van der Waals surface area contributed by atoms with E-state index in [2.05, 4.69) is 20.5 Å². The Kier molecular flexibility index (Phi) is 5.73. The van der Waals surface area contributed by atoms with Gasteiger partial charge in [0, 0.05) is 38.4 Å². The van der Waals surface area contributed by atoms with Gasteiger partial charge in [-0.3, -0.25) is 4.79 Å². The fraction of sp³-hybridized carbons (Fsp3) is 0.611. The molecule has 2 aliphatic rings. The van der Waals surface area contributed by atoms with Crippen molar-refractivity contribution in [1.29, 1.82) is 0 Å². The minimum Gasteiger partial charge on any atom is -0.353 e. The number of hydrogen-bond acceptors (Lipinski definition) is 4. The third-order valence-electron chi connectivity index (χ3n) is 4.97. The first-order valence-corrected chi connectivity index (χ1v) is 9.15. The lowest BCUT2D eigenvalue weighted by atomic mass is 10.2. The normalized spacial score (nSPS) is 19.6. The molecule has 1 saturated heterocycles. The number of urea groups is 1. The van der Waals surface area contributed by atoms with Crippen molar-refractivity contribution in [1.82, 2.24) is 20.5 Å². The molecule has 7 heteroatoms. The summed E-state index contributed by atoms with van der Waals surface area (Å²) in [6, 6.07) is 5.42. The van der Waals surface area contributed by atoms with Crippen LogP contribution in [0.4, 0.5) is 10.6 Å². The van der Waals surface area contributed by atoms with Crippen molar-refractivity contribution in [3.8, 4) is 0 Å². The smallest absolute Gasteiger partial charge is 0.318 e. The van der Waals surface area contributed by atoms with Gasteiger partial charge in [-0.2, -0.15) is 0 Å². The monoisotopic (exact) mass is 345 g/mol. The molecule has 2 heterocycles. The van der Waals surface area contributed by atoms with E-state index in [1.807, 2.05) is 18.2 Å². The summed E-state index contributed by atoms with van der Waals surface area (Å²) in [5, 5.41) is 5.85. The largest absolute Gasteiger partial charge is 0.353 e. The van der Waals surface area contributed by atoms with E-state index < -0.39 is 6.04 Å². The van der Waals surface area contributed by atoms with Crippen molar-refractivity contribution >= 4 is 17.8 Å². The van der Waals surface area contributed by atoms with Crippen LogP contribution in [0.3, 0.4) is 0 Å². The summed E-state index contributed by atoms with van der Waals surface area (Å²) in [6.07, 6.45) is 6.21. The first-order chi connectivity index (χ1) is 12.1. The Hall–Kier alpha value is -2.31. The number of carbonyl (C=O) groups excluding carboxylic acids is 2. The number of nitrogens with zero attached hydrogens (tertiary/aromatic N) is 3. The lowest BCUT2D eigenvalue weighted by Gasteiger charge is -2.35. The minimum absolute atomic E-state index is 0.0904. The molecule has 0 spiro atoms. The number of anilines is 1. The molecule has 25 heavy (non-hydrogen) atoms. The van der Waals surface area contributed by atoms with E-state index in [1.54, 1.807) is 18.0 Å². The molecule has 136 valence electrons. The molecule has 1 aliphatic heterocycles. The number of aromatic nitrogens is 1. The predicted octanol–water partition coefficient (Wildman–Crippen LogP) is 1.36. The highest BCUT2D eigenvalue weighted by Gasteiger charge is 2.26. The van der Waals surface area contributed by atoms with Crippen molar-refractivity contribution in [2.24, 2.45) is 0 Å². The van der Waals surface area contributed by atoms with Crippen LogP contribution in [-0.4, -0.2) is 60.1 Å². The second-order valence-corrected chi connectivity index (χ2v) is 6.82. The Morgan fingerprint density at radius 3 is 2.52 bits per heavy atom. The summed E-state index contributed by atoms with van der Waals surface area (Å²) in [4.78, 5) is 32.9. The van der Waals surface area contributed by atoms with Gasteiger partial charge < -0.3 is 20.4 Å². The molecule has 1 aliphatic carbocycles. The third kappa shape index (κ3) is 4.61. The molecule has 7 nitrogen and oxygen atoms in total. The molecule has 3 amide bonds. The van der Waals surface area contributed by atoms with E-state index in [-0.39, 0.29) is 18.0 Å². The van der Waals surface area contributed by atoms with Crippen molar-refractivity contribution in [2.75, 3.05) is 31.1 Å². The van der Waals surface area contributed by atoms with E-state index in [0.717, 1.165) is 31.7 Å². The Bertz CT molecular complexity index is 580. The maximum Gasteiger partial charge on any atom is 0.318 e. The molecule has 2 fully saturated rings. The van der Waals surface area contributed by atoms with Crippen molar-refractivity contribution in [3.63, 3.8) is 0 Å². The van der Waals surface area contributed by atoms with Gasteiger partial charge in [0.2, 0.25) is 5.91 Å². The molecule has 3 rings (SSSR count). The minimum atomic E-state index is -0.512. The zero-order valence-corrected chi connectivity index (χ0v) is 14.8. The number of piperazine rings is 1. The molecular weight excluding hydrogens is 318 g/mol. The average Bonchev–Trinajstić information content (AvgIpc) is 3.15. The number of carbonyl (C=O) groups is 2. The van der Waals surface area contributed by atoms with E-state index in [9.17, 15) is 9.59 Å². The first-order valence-electron chi connectivity index (χ1n) is 9.15. The average molecular weight is 345 g/mol. The third-order valence-corrected chi connectivity index (χ3v) is 4.97. The van der Waals surface area contributed by atoms with E-state index in [1.165, 1.54) is 12.8 Å². The fourth-order valence-electron chi connectivity index (χ4n) is 3.42. The van der Waals surface area contributed by atoms with Crippen molar-refractivity contribution in [3.05, 3.63) is 24.4 Å². The van der Waals surface area contributed by atoms with Gasteiger partial charge in [-0.1, -0.05) is 18.9 Å². The molecular formula is C18H27N5O2. The lowest BCUT2D eigenvalue weighted by molar-refractivity contribution is -0.123. The van der Waals surface area contributed by atoms with Gasteiger partial charge in [0.1, 0.15) is 11.9 Å². The zero-order chi connectivity index (χ0) is 17.6.